The zero-order valence-corrected chi connectivity index (χ0v) is 28.8. The molecule has 0 saturated carbocycles. The predicted octanol–water partition coefficient (Wildman–Crippen LogP) is 5.02. The Bertz CT molecular complexity index is 1960. The van der Waals surface area contributed by atoms with Crippen molar-refractivity contribution in [2.45, 2.75) is 59.8 Å². The second kappa shape index (κ2) is 15.0. The number of ketones is 1. The standard InChI is InChI=1S/C17H15FN4O2.C16H20BrN5O2/c1-10(24)16-15-6-12(14-8-19-11(2)20-9-14)5-13(7-18)17(15)22(21-16)3-4-23;1-9-4-5-13(17)18-15(9)19-16(23)12-6-11(8-22(12)3)7-14-21-20-10(2)24-14/h4-6,8-9H,3,7H2,1-2H3;4-5,11-12H,6-8H2,1-3H3,(H,18,19,23). The summed E-state index contributed by atoms with van der Waals surface area (Å²) in [6, 6.07) is 7.02. The van der Waals surface area contributed by atoms with E-state index in [-0.39, 0.29) is 30.0 Å². The Hall–Kier alpha value is -4.76. The van der Waals surface area contributed by atoms with E-state index in [1.165, 1.54) is 11.6 Å². The van der Waals surface area contributed by atoms with Gasteiger partial charge in [-0.05, 0) is 78.5 Å². The molecule has 1 aliphatic rings. The van der Waals surface area contributed by atoms with Crippen LogP contribution in [-0.2, 0) is 29.2 Å². The van der Waals surface area contributed by atoms with E-state index in [1.54, 1.807) is 38.4 Å². The topological polar surface area (TPSA) is 162 Å². The molecule has 5 heterocycles. The van der Waals surface area contributed by atoms with Crippen molar-refractivity contribution in [3.05, 3.63) is 75.7 Å². The number of carbonyl (C=O) groups is 3. The molecule has 48 heavy (non-hydrogen) atoms. The number of hydrogen-bond acceptors (Lipinski definition) is 11. The number of aromatic nitrogens is 7. The molecule has 0 aliphatic carbocycles. The maximum atomic E-state index is 13.6. The smallest absolute Gasteiger partial charge is 0.242 e. The number of nitrogens with zero attached hydrogens (tertiary/aromatic N) is 8. The maximum Gasteiger partial charge on any atom is 0.242 e. The van der Waals surface area contributed by atoms with Crippen molar-refractivity contribution in [2.75, 3.05) is 18.9 Å². The van der Waals surface area contributed by atoms with Gasteiger partial charge in [0.25, 0.3) is 0 Å². The van der Waals surface area contributed by atoms with Crippen LogP contribution >= 0.6 is 15.9 Å². The number of anilines is 1. The number of aldehydes is 1. The first kappa shape index (κ1) is 34.6. The summed E-state index contributed by atoms with van der Waals surface area (Å²) in [7, 11) is 1.96. The fourth-order valence-corrected chi connectivity index (χ4v) is 6.05. The van der Waals surface area contributed by atoms with E-state index in [9.17, 15) is 18.8 Å². The summed E-state index contributed by atoms with van der Waals surface area (Å²) in [6.07, 6.45) is 5.42. The Balaban J connectivity index is 0.000000188. The highest BCUT2D eigenvalue weighted by Gasteiger charge is 2.35. The van der Waals surface area contributed by atoms with Crippen LogP contribution in [0.4, 0.5) is 10.2 Å². The van der Waals surface area contributed by atoms with Gasteiger partial charge in [-0.3, -0.25) is 19.2 Å². The summed E-state index contributed by atoms with van der Waals surface area (Å²) in [5.41, 5.74) is 3.40. The van der Waals surface area contributed by atoms with Gasteiger partial charge in [-0.15, -0.1) is 10.2 Å². The zero-order chi connectivity index (χ0) is 34.5. The molecule has 15 heteroatoms. The lowest BCUT2D eigenvalue weighted by Crippen LogP contribution is -2.37. The molecule has 6 rings (SSSR count). The molecular weight excluding hydrogens is 685 g/mol. The number of aryl methyl sites for hydroxylation is 3. The molecule has 0 spiro atoms. The van der Waals surface area contributed by atoms with Gasteiger partial charge in [0.15, 0.2) is 5.78 Å². The van der Waals surface area contributed by atoms with E-state index in [4.69, 9.17) is 4.42 Å². The quantitative estimate of drug-likeness (QED) is 0.124. The van der Waals surface area contributed by atoms with Crippen molar-refractivity contribution in [1.29, 1.82) is 0 Å². The zero-order valence-electron chi connectivity index (χ0n) is 27.2. The van der Waals surface area contributed by atoms with Gasteiger partial charge >= 0.3 is 0 Å². The molecule has 5 aromatic rings. The number of halogens is 2. The predicted molar refractivity (Wildman–Crippen MR) is 179 cm³/mol. The summed E-state index contributed by atoms with van der Waals surface area (Å²) in [6.45, 7) is 6.92. The minimum Gasteiger partial charge on any atom is -0.426 e. The molecular formula is C33H35BrFN9O4. The van der Waals surface area contributed by atoms with Crippen LogP contribution in [-0.4, -0.2) is 77.4 Å². The Morgan fingerprint density at radius 3 is 2.52 bits per heavy atom. The largest absolute Gasteiger partial charge is 0.426 e. The van der Waals surface area contributed by atoms with Gasteiger partial charge in [0, 0.05) is 55.7 Å². The Morgan fingerprint density at radius 2 is 1.88 bits per heavy atom. The second-order valence-corrected chi connectivity index (χ2v) is 12.5. The van der Waals surface area contributed by atoms with Crippen LogP contribution in [0.3, 0.4) is 0 Å². The first-order valence-electron chi connectivity index (χ1n) is 15.2. The van der Waals surface area contributed by atoms with Crippen LogP contribution < -0.4 is 5.32 Å². The van der Waals surface area contributed by atoms with Gasteiger partial charge in [0.1, 0.15) is 34.9 Å². The number of likely N-dealkylation sites (tertiary alicyclic amines) is 1. The molecule has 250 valence electrons. The average molecular weight is 721 g/mol. The molecule has 1 saturated heterocycles. The van der Waals surface area contributed by atoms with Crippen molar-refractivity contribution in [2.24, 2.45) is 5.92 Å². The van der Waals surface area contributed by atoms with E-state index in [0.29, 0.717) is 68.7 Å². The van der Waals surface area contributed by atoms with E-state index >= 15 is 0 Å². The van der Waals surface area contributed by atoms with Crippen LogP contribution in [0.25, 0.3) is 22.0 Å². The number of likely N-dealkylation sites (N-methyl/N-ethyl adjacent to an activating group) is 1. The van der Waals surface area contributed by atoms with Crippen LogP contribution in [0.5, 0.6) is 0 Å². The highest BCUT2D eigenvalue weighted by atomic mass is 79.9. The van der Waals surface area contributed by atoms with E-state index in [2.05, 4.69) is 56.4 Å². The molecule has 1 N–H and O–H groups in total. The lowest BCUT2D eigenvalue weighted by Gasteiger charge is -2.18. The van der Waals surface area contributed by atoms with Crippen molar-refractivity contribution >= 4 is 50.6 Å². The van der Waals surface area contributed by atoms with Crippen LogP contribution in [0, 0.1) is 26.7 Å². The molecule has 1 amide bonds. The van der Waals surface area contributed by atoms with Gasteiger partial charge in [-0.25, -0.2) is 19.3 Å². The van der Waals surface area contributed by atoms with Gasteiger partial charge in [0.2, 0.25) is 17.7 Å². The first-order valence-corrected chi connectivity index (χ1v) is 16.0. The molecule has 1 aliphatic heterocycles. The highest BCUT2D eigenvalue weighted by molar-refractivity contribution is 9.10. The summed E-state index contributed by atoms with van der Waals surface area (Å²) in [5, 5.41) is 15.5. The average Bonchev–Trinajstić information content (AvgIpc) is 3.75. The molecule has 1 aromatic carbocycles. The number of carbonyl (C=O) groups excluding carboxylic acids is 3. The molecule has 1 fully saturated rings. The third-order valence-corrected chi connectivity index (χ3v) is 8.48. The van der Waals surface area contributed by atoms with Gasteiger partial charge < -0.3 is 14.5 Å². The fraction of sp³-hybridized carbons (Fsp3) is 0.364. The molecule has 13 nitrogen and oxygen atoms in total. The second-order valence-electron chi connectivity index (χ2n) is 11.7. The number of rotatable bonds is 9. The number of alkyl halides is 1. The number of Topliss-reactive ketones (excluding diaryl/α,β-unsaturated/α-hetero) is 1. The lowest BCUT2D eigenvalue weighted by atomic mass is 10.0. The van der Waals surface area contributed by atoms with Crippen LogP contribution in [0.15, 0.2) is 45.7 Å². The fourth-order valence-electron chi connectivity index (χ4n) is 5.74. The van der Waals surface area contributed by atoms with Gasteiger partial charge in [-0.2, -0.15) is 5.10 Å². The summed E-state index contributed by atoms with van der Waals surface area (Å²) >= 11 is 3.33. The minimum atomic E-state index is -0.737. The van der Waals surface area contributed by atoms with Crippen LogP contribution in [0.1, 0.15) is 52.6 Å². The third kappa shape index (κ3) is 7.85. The van der Waals surface area contributed by atoms with Crippen molar-refractivity contribution < 1.29 is 23.2 Å². The molecule has 2 atom stereocenters. The number of nitrogens with one attached hydrogen (secondary N) is 1. The Morgan fingerprint density at radius 1 is 1.12 bits per heavy atom. The lowest BCUT2D eigenvalue weighted by molar-refractivity contribution is -0.120. The maximum absolute atomic E-state index is 13.6. The van der Waals surface area contributed by atoms with Gasteiger partial charge in [0.05, 0.1) is 18.1 Å². The third-order valence-electron chi connectivity index (χ3n) is 8.04. The van der Waals surface area contributed by atoms with Crippen LogP contribution in [0.2, 0.25) is 0 Å². The van der Waals surface area contributed by atoms with E-state index in [0.717, 1.165) is 24.1 Å². The SMILES string of the molecule is CC(=O)c1nn(CC=O)c2c(CF)cc(-c3cnc(C)nc3)cc12.Cc1nnc(CC2CC(C(=O)Nc3nc(Br)ccc3C)N(C)C2)o1. The van der Waals surface area contributed by atoms with E-state index in [1.807, 2.05) is 26.1 Å². The summed E-state index contributed by atoms with van der Waals surface area (Å²) in [5.74, 6) is 2.48. The molecule has 4 aromatic heterocycles. The number of hydrogen-bond donors (Lipinski definition) is 1. The molecule has 0 radical (unpaired) electrons. The number of pyridine rings is 1. The van der Waals surface area contributed by atoms with Gasteiger partial charge in [-0.1, -0.05) is 6.07 Å². The highest BCUT2D eigenvalue weighted by Crippen LogP contribution is 2.31. The summed E-state index contributed by atoms with van der Waals surface area (Å²) < 4.78 is 21.1. The number of fused-ring (bicyclic) bond motifs is 1. The number of benzene rings is 1. The normalized spacial score (nSPS) is 16.1. The minimum absolute atomic E-state index is 0.0320. The first-order chi connectivity index (χ1) is 23.0. The monoisotopic (exact) mass is 719 g/mol. The van der Waals surface area contributed by atoms with E-state index < -0.39 is 6.67 Å². The number of amides is 1. The Labute approximate surface area is 284 Å². The van der Waals surface area contributed by atoms with Crippen molar-refractivity contribution in [3.63, 3.8) is 0 Å². The summed E-state index contributed by atoms with van der Waals surface area (Å²) in [4.78, 5) is 50.1. The molecule has 2 unspecified atom stereocenters. The van der Waals surface area contributed by atoms with Crippen molar-refractivity contribution in [1.82, 2.24) is 39.8 Å². The molecule has 0 bridgehead atoms. The van der Waals surface area contributed by atoms with Crippen molar-refractivity contribution in [3.8, 4) is 11.1 Å². The Kier molecular flexibility index (Phi) is 10.8.